The van der Waals surface area contributed by atoms with Crippen molar-refractivity contribution < 1.29 is 9.53 Å². The third kappa shape index (κ3) is 5.02. The molecule has 1 aliphatic heterocycles. The summed E-state index contributed by atoms with van der Waals surface area (Å²) >= 11 is 0. The molecule has 1 aliphatic rings. The van der Waals surface area contributed by atoms with Crippen molar-refractivity contribution in [3.63, 3.8) is 0 Å². The third-order valence-electron chi connectivity index (χ3n) is 4.09. The van der Waals surface area contributed by atoms with Gasteiger partial charge in [0.1, 0.15) is 5.75 Å². The Morgan fingerprint density at radius 2 is 2.14 bits per heavy atom. The van der Waals surface area contributed by atoms with Crippen LogP contribution in [0.25, 0.3) is 0 Å². The molecule has 1 heterocycles. The molecule has 1 saturated heterocycles. The first kappa shape index (κ1) is 16.8. The van der Waals surface area contributed by atoms with Gasteiger partial charge in [0, 0.05) is 6.54 Å². The number of benzene rings is 1. The molecule has 1 fully saturated rings. The molecule has 1 amide bonds. The Hall–Kier alpha value is -1.55. The molecule has 0 saturated carbocycles. The van der Waals surface area contributed by atoms with Gasteiger partial charge in [-0.3, -0.25) is 4.79 Å². The normalized spacial score (nSPS) is 18.2. The van der Waals surface area contributed by atoms with Gasteiger partial charge in [-0.25, -0.2) is 0 Å². The molecule has 4 heteroatoms. The number of carbonyl (C=O) groups is 1. The highest BCUT2D eigenvalue weighted by Gasteiger charge is 2.19. The fourth-order valence-electron chi connectivity index (χ4n) is 2.78. The summed E-state index contributed by atoms with van der Waals surface area (Å²) in [6.45, 7) is 9.42. The summed E-state index contributed by atoms with van der Waals surface area (Å²) in [5.41, 5.74) is 1.13. The summed E-state index contributed by atoms with van der Waals surface area (Å²) in [6.07, 6.45) is 2.25. The summed E-state index contributed by atoms with van der Waals surface area (Å²) < 4.78 is 5.72. The first-order valence-electron chi connectivity index (χ1n) is 8.16. The topological polar surface area (TPSA) is 50.4 Å². The van der Waals surface area contributed by atoms with E-state index in [0.29, 0.717) is 5.92 Å². The van der Waals surface area contributed by atoms with Gasteiger partial charge in [0.15, 0.2) is 6.61 Å². The van der Waals surface area contributed by atoms with Crippen molar-refractivity contribution in [2.24, 2.45) is 5.92 Å². The molecular formula is C18H28N2O2. The van der Waals surface area contributed by atoms with Gasteiger partial charge in [0.05, 0.1) is 0 Å². The van der Waals surface area contributed by atoms with Gasteiger partial charge < -0.3 is 15.4 Å². The summed E-state index contributed by atoms with van der Waals surface area (Å²) in [4.78, 5) is 11.9. The zero-order valence-electron chi connectivity index (χ0n) is 13.9. The fraction of sp³-hybridized carbons (Fsp3) is 0.611. The van der Waals surface area contributed by atoms with E-state index in [2.05, 4.69) is 37.5 Å². The van der Waals surface area contributed by atoms with Gasteiger partial charge in [-0.2, -0.15) is 0 Å². The van der Waals surface area contributed by atoms with Crippen molar-refractivity contribution in [1.82, 2.24) is 10.6 Å². The molecule has 1 aromatic carbocycles. The Morgan fingerprint density at radius 3 is 2.82 bits per heavy atom. The molecule has 1 aromatic rings. The van der Waals surface area contributed by atoms with Gasteiger partial charge >= 0.3 is 0 Å². The zero-order valence-corrected chi connectivity index (χ0v) is 13.9. The Morgan fingerprint density at radius 1 is 1.36 bits per heavy atom. The lowest BCUT2D eigenvalue weighted by Crippen LogP contribution is -2.31. The van der Waals surface area contributed by atoms with E-state index in [0.717, 1.165) is 37.4 Å². The van der Waals surface area contributed by atoms with Crippen molar-refractivity contribution in [3.8, 4) is 5.75 Å². The maximum absolute atomic E-state index is 11.9. The number of hydrogen-bond donors (Lipinski definition) is 2. The van der Waals surface area contributed by atoms with Crippen LogP contribution in [0.1, 0.15) is 39.2 Å². The van der Waals surface area contributed by atoms with Crippen molar-refractivity contribution in [2.45, 2.75) is 39.0 Å². The smallest absolute Gasteiger partial charge is 0.257 e. The number of carbonyl (C=O) groups excluding carboxylic acids is 1. The van der Waals surface area contributed by atoms with E-state index in [1.165, 1.54) is 6.42 Å². The van der Waals surface area contributed by atoms with Crippen LogP contribution in [0, 0.1) is 5.92 Å². The van der Waals surface area contributed by atoms with Crippen LogP contribution in [0.3, 0.4) is 0 Å². The van der Waals surface area contributed by atoms with Crippen LogP contribution < -0.4 is 15.4 Å². The average molecular weight is 304 g/mol. The molecule has 1 atom stereocenters. The Kier molecular flexibility index (Phi) is 5.83. The van der Waals surface area contributed by atoms with Crippen LogP contribution in [0.15, 0.2) is 24.3 Å². The zero-order chi connectivity index (χ0) is 16.0. The second kappa shape index (κ2) is 7.63. The van der Waals surface area contributed by atoms with E-state index >= 15 is 0 Å². The summed E-state index contributed by atoms with van der Waals surface area (Å²) in [6, 6.07) is 7.93. The lowest BCUT2D eigenvalue weighted by Gasteiger charge is -2.22. The van der Waals surface area contributed by atoms with Gasteiger partial charge in [-0.15, -0.1) is 0 Å². The summed E-state index contributed by atoms with van der Waals surface area (Å²) in [5.74, 6) is 1.45. The van der Waals surface area contributed by atoms with Gasteiger partial charge in [0.2, 0.25) is 0 Å². The van der Waals surface area contributed by atoms with Crippen LogP contribution in [-0.2, 0) is 10.2 Å². The molecule has 22 heavy (non-hydrogen) atoms. The highest BCUT2D eigenvalue weighted by Crippen LogP contribution is 2.30. The summed E-state index contributed by atoms with van der Waals surface area (Å²) in [5, 5.41) is 6.29. The van der Waals surface area contributed by atoms with E-state index < -0.39 is 0 Å². The van der Waals surface area contributed by atoms with E-state index in [4.69, 9.17) is 4.74 Å². The van der Waals surface area contributed by atoms with E-state index in [9.17, 15) is 4.79 Å². The molecule has 0 aliphatic carbocycles. The highest BCUT2D eigenvalue weighted by molar-refractivity contribution is 5.77. The minimum Gasteiger partial charge on any atom is -0.483 e. The lowest BCUT2D eigenvalue weighted by molar-refractivity contribution is -0.123. The molecular weight excluding hydrogens is 276 g/mol. The minimum atomic E-state index is -0.0466. The number of ether oxygens (including phenoxy) is 1. The average Bonchev–Trinajstić information content (AvgIpc) is 2.98. The Bertz CT molecular complexity index is 488. The van der Waals surface area contributed by atoms with Crippen molar-refractivity contribution in [1.29, 1.82) is 0 Å². The molecule has 122 valence electrons. The maximum atomic E-state index is 11.9. The lowest BCUT2D eigenvalue weighted by atomic mass is 9.86. The van der Waals surface area contributed by atoms with Crippen molar-refractivity contribution in [2.75, 3.05) is 26.2 Å². The van der Waals surface area contributed by atoms with E-state index in [1.807, 2.05) is 18.2 Å². The first-order chi connectivity index (χ1) is 10.5. The van der Waals surface area contributed by atoms with Crippen LogP contribution >= 0.6 is 0 Å². The van der Waals surface area contributed by atoms with Crippen LogP contribution in [-0.4, -0.2) is 32.1 Å². The molecule has 4 nitrogen and oxygen atoms in total. The molecule has 0 aromatic heterocycles. The fourth-order valence-corrected chi connectivity index (χ4v) is 2.78. The highest BCUT2D eigenvalue weighted by atomic mass is 16.5. The SMILES string of the molecule is CC(C)(C)c1ccccc1OCC(=O)NCCC1CCNC1. The van der Waals surface area contributed by atoms with Crippen LogP contribution in [0.4, 0.5) is 0 Å². The molecule has 0 spiro atoms. The van der Waals surface area contributed by atoms with Gasteiger partial charge in [-0.1, -0.05) is 39.0 Å². The maximum Gasteiger partial charge on any atom is 0.257 e. The standard InChI is InChI=1S/C18H28N2O2/c1-18(2,3)15-6-4-5-7-16(15)22-13-17(21)20-11-9-14-8-10-19-12-14/h4-7,14,19H,8-13H2,1-3H3,(H,20,21). The predicted octanol–water partition coefficient (Wildman–Crippen LogP) is 2.48. The van der Waals surface area contributed by atoms with E-state index in [1.54, 1.807) is 0 Å². The van der Waals surface area contributed by atoms with Gasteiger partial charge in [-0.05, 0) is 48.9 Å². The molecule has 0 bridgehead atoms. The second-order valence-corrected chi connectivity index (χ2v) is 7.03. The number of hydrogen-bond acceptors (Lipinski definition) is 3. The van der Waals surface area contributed by atoms with Crippen LogP contribution in [0.5, 0.6) is 5.75 Å². The third-order valence-corrected chi connectivity index (χ3v) is 4.09. The molecule has 1 unspecified atom stereocenters. The largest absolute Gasteiger partial charge is 0.483 e. The van der Waals surface area contributed by atoms with Gasteiger partial charge in [0.25, 0.3) is 5.91 Å². The Labute approximate surface area is 133 Å². The Balaban J connectivity index is 1.76. The number of rotatable bonds is 6. The van der Waals surface area contributed by atoms with Crippen molar-refractivity contribution >= 4 is 5.91 Å². The first-order valence-corrected chi connectivity index (χ1v) is 8.16. The number of nitrogens with one attached hydrogen (secondary N) is 2. The van der Waals surface area contributed by atoms with Crippen LogP contribution in [0.2, 0.25) is 0 Å². The second-order valence-electron chi connectivity index (χ2n) is 7.03. The number of amides is 1. The molecule has 0 radical (unpaired) electrons. The molecule has 2 rings (SSSR count). The monoisotopic (exact) mass is 304 g/mol. The predicted molar refractivity (Wildman–Crippen MR) is 89.2 cm³/mol. The quantitative estimate of drug-likeness (QED) is 0.849. The minimum absolute atomic E-state index is 0.00252. The van der Waals surface area contributed by atoms with E-state index in [-0.39, 0.29) is 17.9 Å². The van der Waals surface area contributed by atoms with Crippen molar-refractivity contribution in [3.05, 3.63) is 29.8 Å². The number of para-hydroxylation sites is 1. The summed E-state index contributed by atoms with van der Waals surface area (Å²) in [7, 11) is 0. The molecule has 2 N–H and O–H groups in total.